The van der Waals surface area contributed by atoms with E-state index in [-0.39, 0.29) is 23.4 Å². The van der Waals surface area contributed by atoms with Gasteiger partial charge in [-0.3, -0.25) is 4.79 Å². The summed E-state index contributed by atoms with van der Waals surface area (Å²) in [5.41, 5.74) is 6.01. The van der Waals surface area contributed by atoms with Gasteiger partial charge < -0.3 is 15.8 Å². The van der Waals surface area contributed by atoms with Gasteiger partial charge in [0.25, 0.3) is 0 Å². The quantitative estimate of drug-likeness (QED) is 0.865. The summed E-state index contributed by atoms with van der Waals surface area (Å²) in [4.78, 5) is 11.1. The predicted molar refractivity (Wildman–Crippen MR) is 74.7 cm³/mol. The molecule has 1 saturated carbocycles. The van der Waals surface area contributed by atoms with Crippen molar-refractivity contribution in [1.82, 2.24) is 5.32 Å². The number of halogens is 1. The lowest BCUT2D eigenvalue weighted by Gasteiger charge is -2.51. The first kappa shape index (κ1) is 14.9. The second kappa shape index (κ2) is 5.50. The molecule has 0 spiro atoms. The van der Waals surface area contributed by atoms with Gasteiger partial charge in [-0.2, -0.15) is 0 Å². The first-order chi connectivity index (χ1) is 9.36. The highest BCUT2D eigenvalue weighted by Gasteiger charge is 2.48. The molecule has 0 heterocycles. The molecule has 0 saturated heterocycles. The Morgan fingerprint density at radius 1 is 1.55 bits per heavy atom. The molecule has 1 fully saturated rings. The lowest BCUT2D eigenvalue weighted by molar-refractivity contribution is -0.0979. The highest BCUT2D eigenvalue weighted by molar-refractivity contribution is 5.92. The maximum atomic E-state index is 13.7. The number of primary amides is 1. The van der Waals surface area contributed by atoms with Crippen molar-refractivity contribution in [1.29, 1.82) is 0 Å². The van der Waals surface area contributed by atoms with Gasteiger partial charge in [-0.25, -0.2) is 4.39 Å². The Hall–Kier alpha value is -1.46. The average Bonchev–Trinajstić information content (AvgIpc) is 2.39. The van der Waals surface area contributed by atoms with Gasteiger partial charge in [0, 0.05) is 36.2 Å². The largest absolute Gasteiger partial charge is 0.381 e. The van der Waals surface area contributed by atoms with Gasteiger partial charge in [0.05, 0.1) is 6.10 Å². The molecule has 1 amide bonds. The van der Waals surface area contributed by atoms with Crippen molar-refractivity contribution >= 4 is 5.91 Å². The fourth-order valence-electron chi connectivity index (χ4n) is 2.73. The highest BCUT2D eigenvalue weighted by Crippen LogP contribution is 2.42. The molecule has 1 aromatic rings. The fraction of sp³-hybridized carbons (Fsp3) is 0.533. The normalized spacial score (nSPS) is 24.2. The maximum absolute atomic E-state index is 13.7. The number of methoxy groups -OCH3 is 1. The third-order valence-electron chi connectivity index (χ3n) is 4.33. The number of nitrogens with two attached hydrogens (primary N) is 1. The minimum absolute atomic E-state index is 0.0204. The highest BCUT2D eigenvalue weighted by atomic mass is 19.1. The van der Waals surface area contributed by atoms with Crippen molar-refractivity contribution in [2.75, 3.05) is 7.11 Å². The van der Waals surface area contributed by atoms with Crippen LogP contribution in [-0.4, -0.2) is 25.2 Å². The van der Waals surface area contributed by atoms with Crippen LogP contribution in [0.5, 0.6) is 0 Å². The van der Waals surface area contributed by atoms with Crippen LogP contribution in [0.4, 0.5) is 4.39 Å². The monoisotopic (exact) mass is 280 g/mol. The Kier molecular flexibility index (Phi) is 4.11. The smallest absolute Gasteiger partial charge is 0.248 e. The summed E-state index contributed by atoms with van der Waals surface area (Å²) in [6, 6.07) is 4.45. The van der Waals surface area contributed by atoms with Crippen molar-refractivity contribution in [2.45, 2.75) is 39.0 Å². The standard InChI is InChI=1S/C15H21FN2O2/c1-15(2)12(7-13(15)20-3)18-8-10-6-9(14(17)19)4-5-11(10)16/h4-6,12-13,18H,7-8H2,1-3H3,(H2,17,19). The average molecular weight is 280 g/mol. The second-order valence-corrected chi connectivity index (χ2v) is 5.89. The third kappa shape index (κ3) is 2.69. The molecule has 20 heavy (non-hydrogen) atoms. The van der Waals surface area contributed by atoms with E-state index in [4.69, 9.17) is 10.5 Å². The van der Waals surface area contributed by atoms with Crippen molar-refractivity contribution < 1.29 is 13.9 Å². The second-order valence-electron chi connectivity index (χ2n) is 5.89. The summed E-state index contributed by atoms with van der Waals surface area (Å²) in [5, 5.41) is 3.32. The van der Waals surface area contributed by atoms with Crippen LogP contribution < -0.4 is 11.1 Å². The molecule has 1 aliphatic carbocycles. The van der Waals surface area contributed by atoms with Gasteiger partial charge >= 0.3 is 0 Å². The van der Waals surface area contributed by atoms with Crippen LogP contribution in [0.25, 0.3) is 0 Å². The van der Waals surface area contributed by atoms with Gasteiger partial charge in [-0.15, -0.1) is 0 Å². The van der Waals surface area contributed by atoms with Crippen molar-refractivity contribution in [3.8, 4) is 0 Å². The number of carbonyl (C=O) groups is 1. The summed E-state index contributed by atoms with van der Waals surface area (Å²) in [6.07, 6.45) is 1.13. The van der Waals surface area contributed by atoms with E-state index in [1.807, 2.05) is 0 Å². The van der Waals surface area contributed by atoms with Crippen LogP contribution >= 0.6 is 0 Å². The number of benzene rings is 1. The van der Waals surface area contributed by atoms with E-state index < -0.39 is 5.91 Å². The molecule has 1 aliphatic rings. The predicted octanol–water partition coefficient (Wildman–Crippen LogP) is 1.83. The van der Waals surface area contributed by atoms with E-state index in [0.717, 1.165) is 6.42 Å². The minimum atomic E-state index is -0.547. The van der Waals surface area contributed by atoms with E-state index >= 15 is 0 Å². The van der Waals surface area contributed by atoms with Gasteiger partial charge in [0.1, 0.15) is 5.82 Å². The first-order valence-corrected chi connectivity index (χ1v) is 6.70. The molecule has 5 heteroatoms. The van der Waals surface area contributed by atoms with Gasteiger partial charge in [-0.05, 0) is 24.6 Å². The SMILES string of the molecule is COC1CC(NCc2cc(C(N)=O)ccc2F)C1(C)C. The number of amides is 1. The molecular weight excluding hydrogens is 259 g/mol. The Labute approximate surface area is 118 Å². The minimum Gasteiger partial charge on any atom is -0.381 e. The van der Waals surface area contributed by atoms with Crippen molar-refractivity contribution in [3.63, 3.8) is 0 Å². The zero-order valence-electron chi connectivity index (χ0n) is 12.1. The maximum Gasteiger partial charge on any atom is 0.248 e. The van der Waals surface area contributed by atoms with Gasteiger partial charge in [0.15, 0.2) is 0 Å². The fourth-order valence-corrected chi connectivity index (χ4v) is 2.73. The topological polar surface area (TPSA) is 64.3 Å². The Balaban J connectivity index is 2.02. The molecular formula is C15H21FN2O2. The molecule has 0 aromatic heterocycles. The summed E-state index contributed by atoms with van der Waals surface area (Å²) in [6.45, 7) is 4.62. The van der Waals surface area contributed by atoms with E-state index in [2.05, 4.69) is 19.2 Å². The van der Waals surface area contributed by atoms with Crippen LogP contribution in [0.3, 0.4) is 0 Å². The third-order valence-corrected chi connectivity index (χ3v) is 4.33. The Bertz CT molecular complexity index is 517. The molecule has 0 bridgehead atoms. The molecule has 2 unspecified atom stereocenters. The van der Waals surface area contributed by atoms with Crippen LogP contribution in [-0.2, 0) is 11.3 Å². The molecule has 110 valence electrons. The van der Waals surface area contributed by atoms with Crippen molar-refractivity contribution in [2.24, 2.45) is 11.1 Å². The lowest BCUT2D eigenvalue weighted by atomic mass is 9.64. The summed E-state index contributed by atoms with van der Waals surface area (Å²) >= 11 is 0. The zero-order chi connectivity index (χ0) is 14.9. The van der Waals surface area contributed by atoms with E-state index in [1.165, 1.54) is 18.2 Å². The van der Waals surface area contributed by atoms with Gasteiger partial charge in [-0.1, -0.05) is 13.8 Å². The molecule has 3 N–H and O–H groups in total. The number of carbonyl (C=O) groups excluding carboxylic acids is 1. The molecule has 2 atom stereocenters. The first-order valence-electron chi connectivity index (χ1n) is 6.70. The molecule has 0 aliphatic heterocycles. The van der Waals surface area contributed by atoms with Crippen LogP contribution in [0.1, 0.15) is 36.2 Å². The molecule has 1 aromatic carbocycles. The summed E-state index contributed by atoms with van der Waals surface area (Å²) < 4.78 is 19.1. The summed E-state index contributed by atoms with van der Waals surface area (Å²) in [5.74, 6) is -0.877. The molecule has 0 radical (unpaired) electrons. The summed E-state index contributed by atoms with van der Waals surface area (Å²) in [7, 11) is 1.71. The molecule has 2 rings (SSSR count). The number of hydrogen-bond donors (Lipinski definition) is 2. The van der Waals surface area contributed by atoms with Crippen LogP contribution in [0.2, 0.25) is 0 Å². The van der Waals surface area contributed by atoms with E-state index in [9.17, 15) is 9.18 Å². The van der Waals surface area contributed by atoms with Crippen LogP contribution in [0.15, 0.2) is 18.2 Å². The van der Waals surface area contributed by atoms with Crippen LogP contribution in [0, 0.1) is 11.2 Å². The van der Waals surface area contributed by atoms with E-state index in [1.54, 1.807) is 7.11 Å². The number of nitrogens with one attached hydrogen (secondary N) is 1. The number of rotatable bonds is 5. The Morgan fingerprint density at radius 3 is 2.80 bits per heavy atom. The Morgan fingerprint density at radius 2 is 2.25 bits per heavy atom. The molecule has 4 nitrogen and oxygen atoms in total. The van der Waals surface area contributed by atoms with Crippen molar-refractivity contribution in [3.05, 3.63) is 35.1 Å². The lowest BCUT2D eigenvalue weighted by Crippen LogP contribution is -2.60. The zero-order valence-corrected chi connectivity index (χ0v) is 12.1. The van der Waals surface area contributed by atoms with E-state index in [0.29, 0.717) is 17.7 Å². The number of ether oxygens (including phenoxy) is 1. The van der Waals surface area contributed by atoms with Gasteiger partial charge in [0.2, 0.25) is 5.91 Å². The number of hydrogen-bond acceptors (Lipinski definition) is 3.